The van der Waals surface area contributed by atoms with E-state index in [4.69, 9.17) is 0 Å². The highest BCUT2D eigenvalue weighted by molar-refractivity contribution is 9.10. The fraction of sp³-hybridized carbons (Fsp3) is 0.500. The van der Waals surface area contributed by atoms with E-state index in [0.29, 0.717) is 18.7 Å². The third-order valence-corrected chi connectivity index (χ3v) is 5.22. The molecule has 0 saturated carbocycles. The minimum Gasteiger partial charge on any atom is -0.356 e. The van der Waals surface area contributed by atoms with Gasteiger partial charge in [0.25, 0.3) is 0 Å². The number of benzene rings is 1. The molecule has 1 aliphatic rings. The molecule has 142 valence electrons. The number of hydrogen-bond acceptors (Lipinski definition) is 2. The highest BCUT2D eigenvalue weighted by atomic mass is 79.9. The lowest BCUT2D eigenvalue weighted by Crippen LogP contribution is -2.49. The monoisotopic (exact) mass is 424 g/mol. The van der Waals surface area contributed by atoms with Crippen LogP contribution in [0.3, 0.4) is 0 Å². The van der Waals surface area contributed by atoms with Crippen molar-refractivity contribution in [2.24, 2.45) is 5.92 Å². The van der Waals surface area contributed by atoms with E-state index in [1.807, 2.05) is 6.92 Å². The Labute approximate surface area is 163 Å². The summed E-state index contributed by atoms with van der Waals surface area (Å²) in [5, 5.41) is 2.95. The van der Waals surface area contributed by atoms with Crippen molar-refractivity contribution < 1.29 is 14.0 Å². The van der Waals surface area contributed by atoms with Crippen LogP contribution >= 0.6 is 15.9 Å². The Balaban J connectivity index is 2.01. The smallest absolute Gasteiger partial charge is 0.246 e. The zero-order chi connectivity index (χ0) is 19.1. The van der Waals surface area contributed by atoms with Gasteiger partial charge in [-0.15, -0.1) is 0 Å². The Bertz CT molecular complexity index is 678. The molecule has 0 aliphatic carbocycles. The average Bonchev–Trinajstić information content (AvgIpc) is 2.62. The predicted molar refractivity (Wildman–Crippen MR) is 105 cm³/mol. The molecule has 26 heavy (non-hydrogen) atoms. The van der Waals surface area contributed by atoms with Gasteiger partial charge in [0.05, 0.1) is 5.92 Å². The summed E-state index contributed by atoms with van der Waals surface area (Å²) >= 11 is 3.30. The SMILES string of the molecule is CCCCNC(=O)C1CCC(C)N(C(=O)C=Cc2cc(Br)ccc2F)C1. The first-order valence-corrected chi connectivity index (χ1v) is 9.93. The van der Waals surface area contributed by atoms with Gasteiger partial charge in [-0.2, -0.15) is 0 Å². The van der Waals surface area contributed by atoms with Crippen LogP contribution in [0.1, 0.15) is 45.1 Å². The number of likely N-dealkylation sites (tertiary alicyclic amines) is 1. The molecule has 1 aliphatic heterocycles. The summed E-state index contributed by atoms with van der Waals surface area (Å²) in [6.45, 7) is 5.15. The van der Waals surface area contributed by atoms with Crippen molar-refractivity contribution in [1.29, 1.82) is 0 Å². The second kappa shape index (κ2) is 9.86. The Kier molecular flexibility index (Phi) is 7.82. The number of piperidine rings is 1. The number of nitrogens with zero attached hydrogens (tertiary/aromatic N) is 1. The minimum absolute atomic E-state index is 0.0187. The maximum absolute atomic E-state index is 13.8. The van der Waals surface area contributed by atoms with Crippen LogP contribution in [-0.2, 0) is 9.59 Å². The Morgan fingerprint density at radius 3 is 2.88 bits per heavy atom. The standard InChI is InChI=1S/C20H26BrFN2O2/c1-3-4-11-23-20(26)16-6-5-14(2)24(13-16)19(25)10-7-15-12-17(21)8-9-18(15)22/h7-10,12,14,16H,3-6,11,13H2,1-2H3,(H,23,26). The minimum atomic E-state index is -0.378. The van der Waals surface area contributed by atoms with Gasteiger partial charge < -0.3 is 10.2 Å². The van der Waals surface area contributed by atoms with E-state index < -0.39 is 0 Å². The third-order valence-electron chi connectivity index (χ3n) is 4.73. The van der Waals surface area contributed by atoms with Crippen molar-refractivity contribution in [3.8, 4) is 0 Å². The van der Waals surface area contributed by atoms with Gasteiger partial charge in [-0.25, -0.2) is 4.39 Å². The molecular weight excluding hydrogens is 399 g/mol. The second-order valence-electron chi connectivity index (χ2n) is 6.76. The number of unbranched alkanes of at least 4 members (excludes halogenated alkanes) is 1. The first-order valence-electron chi connectivity index (χ1n) is 9.13. The molecule has 1 aromatic carbocycles. The maximum Gasteiger partial charge on any atom is 0.246 e. The number of halogens is 2. The van der Waals surface area contributed by atoms with Crippen LogP contribution in [0.2, 0.25) is 0 Å². The molecule has 2 atom stereocenters. The number of nitrogens with one attached hydrogen (secondary N) is 1. The summed E-state index contributed by atoms with van der Waals surface area (Å²) in [7, 11) is 0. The van der Waals surface area contributed by atoms with E-state index in [1.54, 1.807) is 17.0 Å². The molecule has 1 heterocycles. The van der Waals surface area contributed by atoms with Crippen LogP contribution in [0.25, 0.3) is 6.08 Å². The first kappa shape index (κ1) is 20.6. The van der Waals surface area contributed by atoms with E-state index in [-0.39, 0.29) is 29.6 Å². The Morgan fingerprint density at radius 1 is 1.38 bits per heavy atom. The molecule has 1 saturated heterocycles. The lowest BCUT2D eigenvalue weighted by Gasteiger charge is -2.36. The molecule has 2 unspecified atom stereocenters. The molecule has 1 aromatic rings. The largest absolute Gasteiger partial charge is 0.356 e. The fourth-order valence-electron chi connectivity index (χ4n) is 3.06. The maximum atomic E-state index is 13.8. The second-order valence-corrected chi connectivity index (χ2v) is 7.67. The normalized spacial score (nSPS) is 20.4. The highest BCUT2D eigenvalue weighted by Gasteiger charge is 2.31. The van der Waals surface area contributed by atoms with Gasteiger partial charge in [0.1, 0.15) is 5.82 Å². The zero-order valence-electron chi connectivity index (χ0n) is 15.3. The van der Waals surface area contributed by atoms with E-state index in [0.717, 1.165) is 30.2 Å². The summed E-state index contributed by atoms with van der Waals surface area (Å²) in [6, 6.07) is 4.67. The molecule has 1 N–H and O–H groups in total. The van der Waals surface area contributed by atoms with Crippen molar-refractivity contribution in [2.75, 3.05) is 13.1 Å². The van der Waals surface area contributed by atoms with E-state index in [1.165, 1.54) is 18.2 Å². The van der Waals surface area contributed by atoms with Gasteiger partial charge in [0.2, 0.25) is 11.8 Å². The molecular formula is C20H26BrFN2O2. The van der Waals surface area contributed by atoms with Crippen molar-refractivity contribution in [1.82, 2.24) is 10.2 Å². The van der Waals surface area contributed by atoms with Gasteiger partial charge in [-0.3, -0.25) is 9.59 Å². The van der Waals surface area contributed by atoms with Gasteiger partial charge in [0, 0.05) is 35.2 Å². The Hall–Kier alpha value is -1.69. The first-order chi connectivity index (χ1) is 12.4. The third kappa shape index (κ3) is 5.66. The summed E-state index contributed by atoms with van der Waals surface area (Å²) in [5.74, 6) is -0.728. The predicted octanol–water partition coefficient (Wildman–Crippen LogP) is 4.14. The molecule has 0 aromatic heterocycles. The van der Waals surface area contributed by atoms with Crippen molar-refractivity contribution in [3.63, 3.8) is 0 Å². The molecule has 1 fully saturated rings. The molecule has 2 amide bonds. The van der Waals surface area contributed by atoms with Crippen LogP contribution in [-0.4, -0.2) is 35.8 Å². The molecule has 0 bridgehead atoms. The summed E-state index contributed by atoms with van der Waals surface area (Å²) < 4.78 is 14.6. The number of hydrogen-bond donors (Lipinski definition) is 1. The van der Waals surface area contributed by atoms with Crippen LogP contribution in [0.4, 0.5) is 4.39 Å². The van der Waals surface area contributed by atoms with Crippen LogP contribution in [0.15, 0.2) is 28.7 Å². The van der Waals surface area contributed by atoms with E-state index >= 15 is 0 Å². The summed E-state index contributed by atoms with van der Waals surface area (Å²) in [6.07, 6.45) is 6.43. The zero-order valence-corrected chi connectivity index (χ0v) is 16.9. The number of carbonyl (C=O) groups excluding carboxylic acids is 2. The summed E-state index contributed by atoms with van der Waals surface area (Å²) in [5.41, 5.74) is 0.353. The van der Waals surface area contributed by atoms with E-state index in [2.05, 4.69) is 28.2 Å². The molecule has 0 spiro atoms. The summed E-state index contributed by atoms with van der Waals surface area (Å²) in [4.78, 5) is 26.6. The van der Waals surface area contributed by atoms with Crippen molar-refractivity contribution in [3.05, 3.63) is 40.1 Å². The van der Waals surface area contributed by atoms with Gasteiger partial charge in [-0.1, -0.05) is 29.3 Å². The van der Waals surface area contributed by atoms with E-state index in [9.17, 15) is 14.0 Å². The highest BCUT2D eigenvalue weighted by Crippen LogP contribution is 2.23. The van der Waals surface area contributed by atoms with Crippen LogP contribution in [0, 0.1) is 11.7 Å². The van der Waals surface area contributed by atoms with Crippen molar-refractivity contribution >= 4 is 33.8 Å². The van der Waals surface area contributed by atoms with Crippen molar-refractivity contribution in [2.45, 2.75) is 45.6 Å². The fourth-order valence-corrected chi connectivity index (χ4v) is 3.44. The number of carbonyl (C=O) groups is 2. The van der Waals surface area contributed by atoms with Gasteiger partial charge in [-0.05, 0) is 50.5 Å². The lowest BCUT2D eigenvalue weighted by molar-refractivity contribution is -0.134. The molecule has 2 rings (SSSR count). The van der Waals surface area contributed by atoms with Crippen LogP contribution in [0.5, 0.6) is 0 Å². The average molecular weight is 425 g/mol. The Morgan fingerprint density at radius 2 is 2.15 bits per heavy atom. The quantitative estimate of drug-likeness (QED) is 0.550. The van der Waals surface area contributed by atoms with Crippen LogP contribution < -0.4 is 5.32 Å². The van der Waals surface area contributed by atoms with Gasteiger partial charge in [0.15, 0.2) is 0 Å². The number of amides is 2. The lowest BCUT2D eigenvalue weighted by atomic mass is 9.92. The molecule has 6 heteroatoms. The molecule has 0 radical (unpaired) electrons. The topological polar surface area (TPSA) is 49.4 Å². The molecule has 4 nitrogen and oxygen atoms in total. The number of rotatable bonds is 6. The van der Waals surface area contributed by atoms with Gasteiger partial charge >= 0.3 is 0 Å².